The Morgan fingerprint density at radius 1 is 0.960 bits per heavy atom. The summed E-state index contributed by atoms with van der Waals surface area (Å²) >= 11 is 0. The Morgan fingerprint density at radius 2 is 1.68 bits per heavy atom. The molecule has 5 nitrogen and oxygen atoms in total. The molecule has 0 amide bonds. The molecule has 0 fully saturated rings. The van der Waals surface area contributed by atoms with Crippen molar-refractivity contribution in [2.24, 2.45) is 5.92 Å². The first-order valence-corrected chi connectivity index (χ1v) is 8.67. The van der Waals surface area contributed by atoms with Gasteiger partial charge in [-0.2, -0.15) is 5.21 Å². The lowest BCUT2D eigenvalue weighted by molar-refractivity contribution is 0.480. The summed E-state index contributed by atoms with van der Waals surface area (Å²) in [7, 11) is 0. The second-order valence-corrected chi connectivity index (χ2v) is 6.98. The van der Waals surface area contributed by atoms with Crippen molar-refractivity contribution in [3.63, 3.8) is 0 Å². The number of hydrogen-bond acceptors (Lipinski definition) is 4. The number of tetrazole rings is 1. The van der Waals surface area contributed by atoms with Crippen LogP contribution in [0.4, 0.5) is 0 Å². The summed E-state index contributed by atoms with van der Waals surface area (Å²) in [6.45, 7) is 8.95. The molecule has 0 saturated carbocycles. The largest absolute Gasteiger partial charge is 0.457 e. The van der Waals surface area contributed by atoms with E-state index in [9.17, 15) is 0 Å². The summed E-state index contributed by atoms with van der Waals surface area (Å²) in [5.74, 6) is 3.36. The SMILES string of the molecule is CC(C)Cc1cc(Oc2ccc(-c3nn[nH]n3)cc2)ccc1C(C)C. The number of aromatic nitrogens is 4. The van der Waals surface area contributed by atoms with Gasteiger partial charge >= 0.3 is 0 Å². The quantitative estimate of drug-likeness (QED) is 0.689. The number of rotatable bonds is 6. The maximum Gasteiger partial charge on any atom is 0.204 e. The van der Waals surface area contributed by atoms with Crippen LogP contribution in [0.3, 0.4) is 0 Å². The van der Waals surface area contributed by atoms with Gasteiger partial charge in [0.1, 0.15) is 11.5 Å². The lowest BCUT2D eigenvalue weighted by atomic mass is 9.91. The topological polar surface area (TPSA) is 63.7 Å². The van der Waals surface area contributed by atoms with Crippen LogP contribution in [0, 0.1) is 5.92 Å². The van der Waals surface area contributed by atoms with Gasteiger partial charge in [0.05, 0.1) is 0 Å². The molecule has 0 radical (unpaired) electrons. The van der Waals surface area contributed by atoms with E-state index < -0.39 is 0 Å². The van der Waals surface area contributed by atoms with Crippen molar-refractivity contribution in [1.29, 1.82) is 0 Å². The first-order valence-electron chi connectivity index (χ1n) is 8.67. The molecule has 130 valence electrons. The van der Waals surface area contributed by atoms with Crippen LogP contribution in [0.2, 0.25) is 0 Å². The van der Waals surface area contributed by atoms with Crippen molar-refractivity contribution in [3.8, 4) is 22.9 Å². The van der Waals surface area contributed by atoms with Gasteiger partial charge in [-0.1, -0.05) is 33.8 Å². The molecule has 25 heavy (non-hydrogen) atoms. The Balaban J connectivity index is 1.80. The van der Waals surface area contributed by atoms with E-state index in [2.05, 4.69) is 60.5 Å². The molecule has 0 bridgehead atoms. The molecule has 0 saturated heterocycles. The Hall–Kier alpha value is -2.69. The third-order valence-electron chi connectivity index (χ3n) is 4.06. The average Bonchev–Trinajstić information content (AvgIpc) is 3.09. The van der Waals surface area contributed by atoms with E-state index in [0.717, 1.165) is 23.5 Å². The summed E-state index contributed by atoms with van der Waals surface area (Å²) in [4.78, 5) is 0. The summed E-state index contributed by atoms with van der Waals surface area (Å²) < 4.78 is 6.04. The predicted molar refractivity (Wildman–Crippen MR) is 98.8 cm³/mol. The van der Waals surface area contributed by atoms with Crippen molar-refractivity contribution in [2.75, 3.05) is 0 Å². The van der Waals surface area contributed by atoms with Crippen molar-refractivity contribution in [3.05, 3.63) is 53.6 Å². The molecule has 2 aromatic carbocycles. The highest BCUT2D eigenvalue weighted by molar-refractivity contribution is 5.55. The van der Waals surface area contributed by atoms with Gasteiger partial charge in [-0.05, 0) is 71.0 Å². The van der Waals surface area contributed by atoms with Crippen LogP contribution in [0.15, 0.2) is 42.5 Å². The highest BCUT2D eigenvalue weighted by Crippen LogP contribution is 2.29. The monoisotopic (exact) mass is 336 g/mol. The molecular formula is C20H24N4O. The van der Waals surface area contributed by atoms with E-state index >= 15 is 0 Å². The normalized spacial score (nSPS) is 11.3. The molecule has 0 aliphatic rings. The van der Waals surface area contributed by atoms with Gasteiger partial charge in [0.2, 0.25) is 5.82 Å². The van der Waals surface area contributed by atoms with E-state index in [-0.39, 0.29) is 0 Å². The van der Waals surface area contributed by atoms with Crippen molar-refractivity contribution < 1.29 is 4.74 Å². The van der Waals surface area contributed by atoms with E-state index in [0.29, 0.717) is 17.7 Å². The van der Waals surface area contributed by atoms with Gasteiger partial charge in [-0.3, -0.25) is 0 Å². The Labute approximate surface area is 148 Å². The molecule has 0 unspecified atom stereocenters. The molecule has 1 aromatic heterocycles. The summed E-state index contributed by atoms with van der Waals surface area (Å²) in [6.07, 6.45) is 1.06. The first kappa shape index (κ1) is 17.1. The number of nitrogens with one attached hydrogen (secondary N) is 1. The third-order valence-corrected chi connectivity index (χ3v) is 4.06. The Bertz CT molecular complexity index is 808. The number of ether oxygens (including phenoxy) is 1. The first-order chi connectivity index (χ1) is 12.0. The van der Waals surface area contributed by atoms with Crippen LogP contribution in [-0.4, -0.2) is 20.6 Å². The van der Waals surface area contributed by atoms with Crippen LogP contribution in [0.1, 0.15) is 44.7 Å². The highest BCUT2D eigenvalue weighted by atomic mass is 16.5. The molecule has 3 rings (SSSR count). The predicted octanol–water partition coefficient (Wildman–Crippen LogP) is 4.98. The zero-order chi connectivity index (χ0) is 17.8. The highest BCUT2D eigenvalue weighted by Gasteiger charge is 2.11. The lowest BCUT2D eigenvalue weighted by Crippen LogP contribution is -2.01. The zero-order valence-corrected chi connectivity index (χ0v) is 15.2. The van der Waals surface area contributed by atoms with Crippen LogP contribution in [0.5, 0.6) is 11.5 Å². The summed E-state index contributed by atoms with van der Waals surface area (Å²) in [5, 5.41) is 14.0. The number of nitrogens with zero attached hydrogens (tertiary/aromatic N) is 3. The minimum Gasteiger partial charge on any atom is -0.457 e. The second-order valence-electron chi connectivity index (χ2n) is 6.98. The Kier molecular flexibility index (Phi) is 5.12. The second kappa shape index (κ2) is 7.47. The van der Waals surface area contributed by atoms with Gasteiger partial charge < -0.3 is 4.74 Å². The van der Waals surface area contributed by atoms with Crippen molar-refractivity contribution >= 4 is 0 Å². The van der Waals surface area contributed by atoms with Gasteiger partial charge in [0, 0.05) is 5.56 Å². The molecule has 0 atom stereocenters. The maximum atomic E-state index is 6.04. The minimum absolute atomic E-state index is 0.511. The summed E-state index contributed by atoms with van der Waals surface area (Å²) in [6, 6.07) is 14.1. The fourth-order valence-corrected chi connectivity index (χ4v) is 2.92. The van der Waals surface area contributed by atoms with Crippen LogP contribution >= 0.6 is 0 Å². The summed E-state index contributed by atoms with van der Waals surface area (Å²) in [5.41, 5.74) is 3.66. The van der Waals surface area contributed by atoms with Gasteiger partial charge in [0.25, 0.3) is 0 Å². The number of H-pyrrole nitrogens is 1. The number of hydrogen-bond donors (Lipinski definition) is 1. The van der Waals surface area contributed by atoms with Crippen molar-refractivity contribution in [1.82, 2.24) is 20.6 Å². The maximum absolute atomic E-state index is 6.04. The van der Waals surface area contributed by atoms with Crippen LogP contribution < -0.4 is 4.74 Å². The number of aromatic amines is 1. The molecule has 1 N–H and O–H groups in total. The van der Waals surface area contributed by atoms with E-state index in [4.69, 9.17) is 4.74 Å². The lowest BCUT2D eigenvalue weighted by Gasteiger charge is -2.16. The third kappa shape index (κ3) is 4.24. The van der Waals surface area contributed by atoms with E-state index in [1.54, 1.807) is 0 Å². The minimum atomic E-state index is 0.511. The van der Waals surface area contributed by atoms with E-state index in [1.807, 2.05) is 30.3 Å². The van der Waals surface area contributed by atoms with Crippen LogP contribution in [-0.2, 0) is 6.42 Å². The molecule has 0 spiro atoms. The molecule has 5 heteroatoms. The van der Waals surface area contributed by atoms with Crippen LogP contribution in [0.25, 0.3) is 11.4 Å². The molecule has 0 aliphatic carbocycles. The van der Waals surface area contributed by atoms with E-state index in [1.165, 1.54) is 11.1 Å². The fraction of sp³-hybridized carbons (Fsp3) is 0.350. The molecule has 1 heterocycles. The zero-order valence-electron chi connectivity index (χ0n) is 15.2. The number of benzene rings is 2. The van der Waals surface area contributed by atoms with Crippen molar-refractivity contribution in [2.45, 2.75) is 40.0 Å². The van der Waals surface area contributed by atoms with Gasteiger partial charge in [-0.15, -0.1) is 10.2 Å². The molecular weight excluding hydrogens is 312 g/mol. The average molecular weight is 336 g/mol. The smallest absolute Gasteiger partial charge is 0.204 e. The van der Waals surface area contributed by atoms with Gasteiger partial charge in [-0.25, -0.2) is 0 Å². The fourth-order valence-electron chi connectivity index (χ4n) is 2.92. The molecule has 3 aromatic rings. The Morgan fingerprint density at radius 3 is 2.28 bits per heavy atom. The van der Waals surface area contributed by atoms with Gasteiger partial charge in [0.15, 0.2) is 0 Å². The molecule has 0 aliphatic heterocycles. The standard InChI is InChI=1S/C20H24N4O/c1-13(2)11-16-12-18(9-10-19(16)14(3)4)25-17-7-5-15(6-8-17)20-21-23-24-22-20/h5-10,12-14H,11H2,1-4H3,(H,21,22,23,24).